The van der Waals surface area contributed by atoms with Gasteiger partial charge >= 0.3 is 5.97 Å². The summed E-state index contributed by atoms with van der Waals surface area (Å²) in [4.78, 5) is 26.3. The number of halogens is 1. The lowest BCUT2D eigenvalue weighted by molar-refractivity contribution is -0.142. The number of carbonyl (C=O) groups is 2. The molecule has 1 aliphatic carbocycles. The second-order valence-electron chi connectivity index (χ2n) is 5.40. The van der Waals surface area contributed by atoms with Crippen molar-refractivity contribution < 1.29 is 14.7 Å². The van der Waals surface area contributed by atoms with Gasteiger partial charge in [0.1, 0.15) is 6.04 Å². The number of nitrogens with one attached hydrogen (secondary N) is 2. The van der Waals surface area contributed by atoms with E-state index in [2.05, 4.69) is 10.3 Å². The summed E-state index contributed by atoms with van der Waals surface area (Å²) < 4.78 is 0. The number of carboxylic acids is 1. The smallest absolute Gasteiger partial charge is 0.326 e. The van der Waals surface area contributed by atoms with Crippen LogP contribution in [0.3, 0.4) is 0 Å². The van der Waals surface area contributed by atoms with Crippen molar-refractivity contribution in [3.63, 3.8) is 0 Å². The monoisotopic (exact) mass is 306 g/mol. The lowest BCUT2D eigenvalue weighted by Crippen LogP contribution is -2.43. The summed E-state index contributed by atoms with van der Waals surface area (Å²) in [6, 6.07) is 4.65. The zero-order valence-electron chi connectivity index (χ0n) is 11.2. The first-order chi connectivity index (χ1) is 10.0. The van der Waals surface area contributed by atoms with Gasteiger partial charge in [-0.3, -0.25) is 4.79 Å². The van der Waals surface area contributed by atoms with E-state index in [9.17, 15) is 9.59 Å². The Labute approximate surface area is 126 Å². The first kappa shape index (κ1) is 13.9. The standard InChI is InChI=1S/C15H15ClN2O3/c16-10-3-4-12-11(6-10)9(7-17-12)5-13(19)18-14(15(20)21)8-1-2-8/h3-4,6-8,14,17H,1-2,5H2,(H,18,19)(H,20,21). The van der Waals surface area contributed by atoms with Crippen LogP contribution < -0.4 is 5.32 Å². The molecule has 1 aliphatic rings. The fourth-order valence-corrected chi connectivity index (χ4v) is 2.68. The van der Waals surface area contributed by atoms with Gasteiger partial charge in [-0.15, -0.1) is 0 Å². The van der Waals surface area contributed by atoms with Crippen molar-refractivity contribution in [1.82, 2.24) is 10.3 Å². The van der Waals surface area contributed by atoms with Crippen LogP contribution in [-0.4, -0.2) is 28.0 Å². The van der Waals surface area contributed by atoms with Gasteiger partial charge in [0.05, 0.1) is 6.42 Å². The largest absolute Gasteiger partial charge is 0.480 e. The second-order valence-corrected chi connectivity index (χ2v) is 5.84. The number of hydrogen-bond donors (Lipinski definition) is 3. The quantitative estimate of drug-likeness (QED) is 0.793. The molecule has 0 spiro atoms. The highest BCUT2D eigenvalue weighted by Crippen LogP contribution is 2.32. The highest BCUT2D eigenvalue weighted by Gasteiger charge is 2.37. The van der Waals surface area contributed by atoms with E-state index < -0.39 is 12.0 Å². The molecule has 1 amide bonds. The fraction of sp³-hybridized carbons (Fsp3) is 0.333. The Bertz CT molecular complexity index is 706. The number of carbonyl (C=O) groups excluding carboxylic acids is 1. The minimum atomic E-state index is -0.965. The van der Waals surface area contributed by atoms with Gasteiger partial charge in [-0.05, 0) is 42.5 Å². The van der Waals surface area contributed by atoms with E-state index in [1.807, 2.05) is 6.07 Å². The normalized spacial score (nSPS) is 15.9. The minimum absolute atomic E-state index is 0.0730. The van der Waals surface area contributed by atoms with Crippen molar-refractivity contribution in [2.45, 2.75) is 25.3 Å². The van der Waals surface area contributed by atoms with Crippen molar-refractivity contribution in [3.8, 4) is 0 Å². The summed E-state index contributed by atoms with van der Waals surface area (Å²) in [6.45, 7) is 0. The van der Waals surface area contributed by atoms with Gasteiger partial charge in [-0.25, -0.2) is 4.79 Å². The van der Waals surface area contributed by atoms with Crippen molar-refractivity contribution in [2.24, 2.45) is 5.92 Å². The van der Waals surface area contributed by atoms with Crippen molar-refractivity contribution in [2.75, 3.05) is 0 Å². The Morgan fingerprint density at radius 1 is 1.43 bits per heavy atom. The van der Waals surface area contributed by atoms with Crippen LogP contribution in [0.4, 0.5) is 0 Å². The molecular formula is C15H15ClN2O3. The van der Waals surface area contributed by atoms with E-state index in [4.69, 9.17) is 16.7 Å². The number of hydrogen-bond acceptors (Lipinski definition) is 2. The maximum Gasteiger partial charge on any atom is 0.326 e. The molecule has 1 aromatic heterocycles. The molecule has 0 radical (unpaired) electrons. The number of carboxylic acid groups (broad SMARTS) is 1. The molecule has 110 valence electrons. The van der Waals surface area contributed by atoms with E-state index >= 15 is 0 Å². The number of H-pyrrole nitrogens is 1. The van der Waals surface area contributed by atoms with Crippen molar-refractivity contribution in [1.29, 1.82) is 0 Å². The van der Waals surface area contributed by atoms with Gasteiger partial charge in [0.15, 0.2) is 0 Å². The molecule has 1 atom stereocenters. The average molecular weight is 307 g/mol. The third kappa shape index (κ3) is 3.03. The summed E-state index contributed by atoms with van der Waals surface area (Å²) in [5.41, 5.74) is 1.71. The van der Waals surface area contributed by atoms with E-state index in [1.165, 1.54) is 0 Å². The molecule has 0 aliphatic heterocycles. The van der Waals surface area contributed by atoms with E-state index in [0.717, 1.165) is 29.3 Å². The number of amides is 1. The van der Waals surface area contributed by atoms with Gasteiger partial charge < -0.3 is 15.4 Å². The predicted octanol–water partition coefficient (Wildman–Crippen LogP) is 2.34. The van der Waals surface area contributed by atoms with Crippen molar-refractivity contribution >= 4 is 34.4 Å². The molecule has 3 rings (SSSR count). The molecule has 1 aromatic carbocycles. The predicted molar refractivity (Wildman–Crippen MR) is 79.3 cm³/mol. The third-order valence-electron chi connectivity index (χ3n) is 3.76. The summed E-state index contributed by atoms with van der Waals surface area (Å²) in [5.74, 6) is -1.17. The highest BCUT2D eigenvalue weighted by molar-refractivity contribution is 6.31. The Balaban J connectivity index is 1.74. The molecule has 1 unspecified atom stereocenters. The van der Waals surface area contributed by atoms with Crippen LogP contribution in [0.15, 0.2) is 24.4 Å². The zero-order chi connectivity index (χ0) is 15.0. The van der Waals surface area contributed by atoms with Gasteiger partial charge in [0, 0.05) is 22.1 Å². The molecule has 1 fully saturated rings. The van der Waals surface area contributed by atoms with Crippen molar-refractivity contribution in [3.05, 3.63) is 35.0 Å². The Morgan fingerprint density at radius 3 is 2.86 bits per heavy atom. The van der Waals surface area contributed by atoms with E-state index in [-0.39, 0.29) is 18.2 Å². The molecule has 1 heterocycles. The maximum absolute atomic E-state index is 12.1. The number of aromatic nitrogens is 1. The number of fused-ring (bicyclic) bond motifs is 1. The second kappa shape index (κ2) is 5.41. The van der Waals surface area contributed by atoms with E-state index in [0.29, 0.717) is 5.02 Å². The molecule has 5 nitrogen and oxygen atoms in total. The SMILES string of the molecule is O=C(Cc1c[nH]c2ccc(Cl)cc12)NC(C(=O)O)C1CC1. The summed E-state index contributed by atoms with van der Waals surface area (Å²) in [7, 11) is 0. The topological polar surface area (TPSA) is 82.2 Å². The van der Waals surface area contributed by atoms with Gasteiger partial charge in [-0.1, -0.05) is 11.6 Å². The lowest BCUT2D eigenvalue weighted by atomic mass is 10.1. The Hall–Kier alpha value is -2.01. The summed E-state index contributed by atoms with van der Waals surface area (Å²) in [6.07, 6.45) is 3.62. The van der Waals surface area contributed by atoms with Gasteiger partial charge in [0.2, 0.25) is 5.91 Å². The minimum Gasteiger partial charge on any atom is -0.480 e. The molecule has 0 bridgehead atoms. The summed E-state index contributed by atoms with van der Waals surface area (Å²) >= 11 is 5.97. The van der Waals surface area contributed by atoms with Crippen LogP contribution in [0.25, 0.3) is 10.9 Å². The molecule has 0 saturated heterocycles. The molecule has 6 heteroatoms. The number of benzene rings is 1. The number of aromatic amines is 1. The fourth-order valence-electron chi connectivity index (χ4n) is 2.51. The zero-order valence-corrected chi connectivity index (χ0v) is 12.0. The number of rotatable bonds is 5. The van der Waals surface area contributed by atoms with Crippen LogP contribution in [0.1, 0.15) is 18.4 Å². The molecule has 3 N–H and O–H groups in total. The average Bonchev–Trinajstić information content (AvgIpc) is 3.20. The number of aliphatic carboxylic acids is 1. The van der Waals surface area contributed by atoms with Crippen LogP contribution in [-0.2, 0) is 16.0 Å². The molecule has 2 aromatic rings. The first-order valence-electron chi connectivity index (χ1n) is 6.82. The van der Waals surface area contributed by atoms with E-state index in [1.54, 1.807) is 18.3 Å². The summed E-state index contributed by atoms with van der Waals surface area (Å²) in [5, 5.41) is 13.2. The van der Waals surface area contributed by atoms with Crippen LogP contribution >= 0.6 is 11.6 Å². The first-order valence-corrected chi connectivity index (χ1v) is 7.20. The van der Waals surface area contributed by atoms with Crippen LogP contribution in [0.2, 0.25) is 5.02 Å². The Morgan fingerprint density at radius 2 is 2.19 bits per heavy atom. The highest BCUT2D eigenvalue weighted by atomic mass is 35.5. The molecular weight excluding hydrogens is 292 g/mol. The van der Waals surface area contributed by atoms with Gasteiger partial charge in [-0.2, -0.15) is 0 Å². The van der Waals surface area contributed by atoms with Crippen LogP contribution in [0.5, 0.6) is 0 Å². The third-order valence-corrected chi connectivity index (χ3v) is 3.99. The lowest BCUT2D eigenvalue weighted by Gasteiger charge is -2.13. The maximum atomic E-state index is 12.1. The molecule has 21 heavy (non-hydrogen) atoms. The van der Waals surface area contributed by atoms with Crippen LogP contribution in [0, 0.1) is 5.92 Å². The van der Waals surface area contributed by atoms with Gasteiger partial charge in [0.25, 0.3) is 0 Å². The Kier molecular flexibility index (Phi) is 3.59. The molecule has 1 saturated carbocycles.